The fourth-order valence-electron chi connectivity index (χ4n) is 3.50. The van der Waals surface area contributed by atoms with Crippen LogP contribution in [0.4, 0.5) is 0 Å². The van der Waals surface area contributed by atoms with E-state index in [4.69, 9.17) is 32.7 Å². The van der Waals surface area contributed by atoms with Gasteiger partial charge in [-0.15, -0.1) is 0 Å². The number of fused-ring (bicyclic) bond motifs is 1. The van der Waals surface area contributed by atoms with Gasteiger partial charge < -0.3 is 9.47 Å². The van der Waals surface area contributed by atoms with Gasteiger partial charge in [0.05, 0.1) is 18.2 Å². The Hall–Kier alpha value is -3.45. The van der Waals surface area contributed by atoms with Crippen LogP contribution in [-0.4, -0.2) is 6.61 Å². The average molecular weight is 474 g/mol. The molecule has 4 aromatic carbocycles. The summed E-state index contributed by atoms with van der Waals surface area (Å²) in [5, 5.41) is 13.2. The van der Waals surface area contributed by atoms with E-state index in [0.29, 0.717) is 33.7 Å². The monoisotopic (exact) mass is 473 g/mol. The van der Waals surface area contributed by atoms with Crippen molar-refractivity contribution in [3.63, 3.8) is 0 Å². The SMILES string of the molecule is CCOc1cc(/C=C(/C#N)c2ccc3ccccc3c2)ccc1OCc1ccc(Cl)cc1Cl. The molecule has 0 amide bonds. The molecule has 0 aliphatic heterocycles. The summed E-state index contributed by atoms with van der Waals surface area (Å²) in [7, 11) is 0. The van der Waals surface area contributed by atoms with Gasteiger partial charge in [0.25, 0.3) is 0 Å². The second-order valence-corrected chi connectivity index (χ2v) is 8.24. The van der Waals surface area contributed by atoms with Crippen LogP contribution in [0.25, 0.3) is 22.4 Å². The average Bonchev–Trinajstić information content (AvgIpc) is 2.83. The van der Waals surface area contributed by atoms with Gasteiger partial charge in [0.1, 0.15) is 6.61 Å². The first-order valence-corrected chi connectivity index (χ1v) is 11.3. The Morgan fingerprint density at radius 3 is 2.45 bits per heavy atom. The van der Waals surface area contributed by atoms with Crippen LogP contribution in [0.5, 0.6) is 11.5 Å². The number of halogens is 2. The summed E-state index contributed by atoms with van der Waals surface area (Å²) >= 11 is 12.2. The molecule has 0 unspecified atom stereocenters. The number of hydrogen-bond acceptors (Lipinski definition) is 3. The molecule has 4 rings (SSSR count). The lowest BCUT2D eigenvalue weighted by Gasteiger charge is -2.13. The number of hydrogen-bond donors (Lipinski definition) is 0. The molecule has 0 saturated heterocycles. The van der Waals surface area contributed by atoms with Crippen LogP contribution in [-0.2, 0) is 6.61 Å². The van der Waals surface area contributed by atoms with Gasteiger partial charge in [-0.05, 0) is 65.2 Å². The maximum atomic E-state index is 9.80. The molecule has 33 heavy (non-hydrogen) atoms. The van der Waals surface area contributed by atoms with Crippen molar-refractivity contribution < 1.29 is 9.47 Å². The lowest BCUT2D eigenvalue weighted by atomic mass is 10.00. The van der Waals surface area contributed by atoms with E-state index in [9.17, 15) is 5.26 Å². The minimum absolute atomic E-state index is 0.284. The van der Waals surface area contributed by atoms with Crippen molar-refractivity contribution in [2.45, 2.75) is 13.5 Å². The van der Waals surface area contributed by atoms with E-state index in [1.807, 2.05) is 73.7 Å². The first kappa shape index (κ1) is 22.7. The lowest BCUT2D eigenvalue weighted by Crippen LogP contribution is -2.00. The highest BCUT2D eigenvalue weighted by molar-refractivity contribution is 6.35. The van der Waals surface area contributed by atoms with E-state index in [-0.39, 0.29) is 6.61 Å². The summed E-state index contributed by atoms with van der Waals surface area (Å²) in [5.41, 5.74) is 3.12. The van der Waals surface area contributed by atoms with Crippen molar-refractivity contribution in [1.82, 2.24) is 0 Å². The minimum atomic E-state index is 0.284. The summed E-state index contributed by atoms with van der Waals surface area (Å²) in [6.45, 7) is 2.69. The molecule has 0 saturated carbocycles. The van der Waals surface area contributed by atoms with E-state index >= 15 is 0 Å². The molecule has 0 bridgehead atoms. The number of benzene rings is 4. The van der Waals surface area contributed by atoms with Crippen LogP contribution in [0.1, 0.15) is 23.6 Å². The largest absolute Gasteiger partial charge is 0.490 e. The first-order chi connectivity index (χ1) is 16.1. The normalized spacial score (nSPS) is 11.3. The molecule has 4 aromatic rings. The molecule has 0 spiro atoms. The number of ether oxygens (including phenoxy) is 2. The van der Waals surface area contributed by atoms with E-state index < -0.39 is 0 Å². The van der Waals surface area contributed by atoms with Crippen molar-refractivity contribution >= 4 is 45.6 Å². The fourth-order valence-corrected chi connectivity index (χ4v) is 3.96. The lowest BCUT2D eigenvalue weighted by molar-refractivity contribution is 0.269. The predicted octanol–water partition coefficient (Wildman–Crippen LogP) is 8.19. The van der Waals surface area contributed by atoms with Crippen molar-refractivity contribution in [3.8, 4) is 17.6 Å². The third-order valence-electron chi connectivity index (χ3n) is 5.16. The quantitative estimate of drug-likeness (QED) is 0.200. The Bertz CT molecular complexity index is 1370. The van der Waals surface area contributed by atoms with Crippen LogP contribution in [0.15, 0.2) is 78.9 Å². The zero-order valence-corrected chi connectivity index (χ0v) is 19.5. The van der Waals surface area contributed by atoms with Gasteiger partial charge in [0, 0.05) is 15.6 Å². The summed E-state index contributed by atoms with van der Waals surface area (Å²) in [6, 6.07) is 27.4. The highest BCUT2D eigenvalue weighted by atomic mass is 35.5. The van der Waals surface area contributed by atoms with Crippen molar-refractivity contribution in [3.05, 3.63) is 106 Å². The molecule has 3 nitrogen and oxygen atoms in total. The number of nitriles is 1. The molecular formula is C28H21Cl2NO2. The van der Waals surface area contributed by atoms with Crippen molar-refractivity contribution in [2.75, 3.05) is 6.61 Å². The molecule has 0 aliphatic carbocycles. The first-order valence-electron chi connectivity index (χ1n) is 10.5. The highest BCUT2D eigenvalue weighted by Crippen LogP contribution is 2.32. The van der Waals surface area contributed by atoms with Crippen LogP contribution in [0.3, 0.4) is 0 Å². The molecular weight excluding hydrogens is 453 g/mol. The van der Waals surface area contributed by atoms with Gasteiger partial charge >= 0.3 is 0 Å². The zero-order chi connectivity index (χ0) is 23.2. The summed E-state index contributed by atoms with van der Waals surface area (Å²) in [6.07, 6.45) is 1.85. The third kappa shape index (κ3) is 5.49. The van der Waals surface area contributed by atoms with Crippen molar-refractivity contribution in [1.29, 1.82) is 5.26 Å². The topological polar surface area (TPSA) is 42.2 Å². The minimum Gasteiger partial charge on any atom is -0.490 e. The summed E-state index contributed by atoms with van der Waals surface area (Å²) in [4.78, 5) is 0. The van der Waals surface area contributed by atoms with Gasteiger partial charge in [-0.1, -0.05) is 71.7 Å². The second kappa shape index (κ2) is 10.4. The number of allylic oxidation sites excluding steroid dienone is 1. The summed E-state index contributed by atoms with van der Waals surface area (Å²) in [5.74, 6) is 1.20. The molecule has 0 N–H and O–H groups in total. The standard InChI is InChI=1S/C28H21Cl2NO2/c1-2-32-28-14-19(7-12-27(28)33-18-23-10-11-25(29)16-26(23)30)13-24(17-31)22-9-8-20-5-3-4-6-21(20)15-22/h3-16H,2,18H2,1H3/b24-13-. The molecule has 0 heterocycles. The van der Waals surface area contributed by atoms with E-state index in [2.05, 4.69) is 12.1 Å². The van der Waals surface area contributed by atoms with Gasteiger partial charge in [0.15, 0.2) is 11.5 Å². The maximum absolute atomic E-state index is 9.80. The third-order valence-corrected chi connectivity index (χ3v) is 5.74. The molecule has 164 valence electrons. The van der Waals surface area contributed by atoms with E-state index in [0.717, 1.165) is 27.5 Å². The van der Waals surface area contributed by atoms with Crippen LogP contribution in [0, 0.1) is 11.3 Å². The molecule has 0 atom stereocenters. The van der Waals surface area contributed by atoms with Crippen LogP contribution in [0.2, 0.25) is 10.0 Å². The van der Waals surface area contributed by atoms with E-state index in [1.165, 1.54) is 0 Å². The zero-order valence-electron chi connectivity index (χ0n) is 18.0. The van der Waals surface area contributed by atoms with Crippen LogP contribution < -0.4 is 9.47 Å². The Morgan fingerprint density at radius 2 is 1.70 bits per heavy atom. The molecule has 0 aliphatic rings. The molecule has 5 heteroatoms. The number of rotatable bonds is 7. The summed E-state index contributed by atoms with van der Waals surface area (Å²) < 4.78 is 11.8. The van der Waals surface area contributed by atoms with Crippen molar-refractivity contribution in [2.24, 2.45) is 0 Å². The highest BCUT2D eigenvalue weighted by Gasteiger charge is 2.10. The Kier molecular flexibility index (Phi) is 7.19. The molecule has 0 aromatic heterocycles. The number of nitrogens with zero attached hydrogens (tertiary/aromatic N) is 1. The van der Waals surface area contributed by atoms with Gasteiger partial charge in [0.2, 0.25) is 0 Å². The van der Waals surface area contributed by atoms with Crippen LogP contribution >= 0.6 is 23.2 Å². The fraction of sp³-hybridized carbons (Fsp3) is 0.107. The smallest absolute Gasteiger partial charge is 0.161 e. The second-order valence-electron chi connectivity index (χ2n) is 7.40. The Labute approximate surface area is 203 Å². The molecule has 0 radical (unpaired) electrons. The van der Waals surface area contributed by atoms with E-state index in [1.54, 1.807) is 12.1 Å². The maximum Gasteiger partial charge on any atom is 0.161 e. The Morgan fingerprint density at radius 1 is 0.879 bits per heavy atom. The van der Waals surface area contributed by atoms with Gasteiger partial charge in [-0.3, -0.25) is 0 Å². The van der Waals surface area contributed by atoms with Gasteiger partial charge in [-0.25, -0.2) is 0 Å². The Balaban J connectivity index is 1.61. The predicted molar refractivity (Wildman–Crippen MR) is 136 cm³/mol. The molecule has 0 fully saturated rings. The van der Waals surface area contributed by atoms with Gasteiger partial charge in [-0.2, -0.15) is 5.26 Å².